The Hall–Kier alpha value is -4.44. The first-order valence-electron chi connectivity index (χ1n) is 12.8. The number of nitrogens with zero attached hydrogens (tertiary/aromatic N) is 2. The first kappa shape index (κ1) is 27.1. The zero-order valence-corrected chi connectivity index (χ0v) is 23.1. The fourth-order valence-electron chi connectivity index (χ4n) is 4.89. The maximum absolute atomic E-state index is 13.6. The van der Waals surface area contributed by atoms with Crippen LogP contribution >= 0.6 is 11.3 Å². The van der Waals surface area contributed by atoms with Crippen molar-refractivity contribution >= 4 is 39.9 Å². The molecular weight excluding hydrogens is 532 g/mol. The fraction of sp³-hybridized carbons (Fsp3) is 0.267. The summed E-state index contributed by atoms with van der Waals surface area (Å²) in [7, 11) is 0. The highest BCUT2D eigenvalue weighted by Crippen LogP contribution is 2.45. The normalized spacial score (nSPS) is 19.3. The summed E-state index contributed by atoms with van der Waals surface area (Å²) in [5.41, 5.74) is 2.09. The molecule has 0 saturated carbocycles. The third-order valence-corrected chi connectivity index (χ3v) is 7.74. The predicted molar refractivity (Wildman–Crippen MR) is 150 cm³/mol. The number of hydrogen-bond donors (Lipinski definition) is 1. The van der Waals surface area contributed by atoms with Gasteiger partial charge in [-0.3, -0.25) is 14.5 Å². The van der Waals surface area contributed by atoms with E-state index in [1.165, 1.54) is 11.0 Å². The Morgan fingerprint density at radius 1 is 1.27 bits per heavy atom. The number of benzene rings is 2. The molecule has 10 heteroatoms. The lowest BCUT2D eigenvalue weighted by molar-refractivity contribution is -0.132. The Balaban J connectivity index is 1.65. The van der Waals surface area contributed by atoms with Crippen LogP contribution in [0.2, 0.25) is 0 Å². The largest absolute Gasteiger partial charge is 0.507 e. The molecule has 0 spiro atoms. The molecule has 1 N–H and O–H groups in total. The maximum atomic E-state index is 13.6. The molecule has 0 radical (unpaired) electrons. The van der Waals surface area contributed by atoms with Crippen LogP contribution in [0, 0.1) is 6.92 Å². The SMILES string of the molecule is C=CCOC(=O)c1sc(N2C(=O)C(=O)/C(=C(/O)c3ccc4c(c3)C[C@@H](C)O4)[C@H]2c2cccc(OCC)c2)nc1C. The molecule has 1 fully saturated rings. The van der Waals surface area contributed by atoms with E-state index in [2.05, 4.69) is 11.6 Å². The number of aliphatic hydroxyl groups is 1. The number of carbonyl (C=O) groups is 3. The zero-order valence-electron chi connectivity index (χ0n) is 22.3. The molecule has 3 heterocycles. The smallest absolute Gasteiger partial charge is 0.350 e. The number of thiazole rings is 1. The van der Waals surface area contributed by atoms with E-state index in [4.69, 9.17) is 14.2 Å². The number of esters is 1. The van der Waals surface area contributed by atoms with E-state index >= 15 is 0 Å². The van der Waals surface area contributed by atoms with Gasteiger partial charge in [0.15, 0.2) is 5.13 Å². The van der Waals surface area contributed by atoms with Gasteiger partial charge in [-0.1, -0.05) is 36.1 Å². The number of anilines is 1. The van der Waals surface area contributed by atoms with E-state index in [0.29, 0.717) is 35.6 Å². The zero-order chi connectivity index (χ0) is 28.6. The lowest BCUT2D eigenvalue weighted by Gasteiger charge is -2.23. The predicted octanol–water partition coefficient (Wildman–Crippen LogP) is 5.14. The average Bonchev–Trinajstić information content (AvgIpc) is 3.59. The molecule has 1 saturated heterocycles. The molecule has 3 aromatic rings. The quantitative estimate of drug-likeness (QED) is 0.132. The summed E-state index contributed by atoms with van der Waals surface area (Å²) in [6, 6.07) is 11.1. The Bertz CT molecular complexity index is 1560. The van der Waals surface area contributed by atoms with Crippen LogP contribution in [0.3, 0.4) is 0 Å². The Morgan fingerprint density at radius 3 is 2.83 bits per heavy atom. The van der Waals surface area contributed by atoms with Crippen molar-refractivity contribution in [3.05, 3.63) is 88.0 Å². The molecule has 2 aliphatic heterocycles. The van der Waals surface area contributed by atoms with Gasteiger partial charge in [0.05, 0.1) is 23.9 Å². The van der Waals surface area contributed by atoms with Crippen molar-refractivity contribution in [3.8, 4) is 11.5 Å². The average molecular weight is 561 g/mol. The van der Waals surface area contributed by atoms with Gasteiger partial charge >= 0.3 is 11.9 Å². The number of ether oxygens (including phenoxy) is 3. The number of aryl methyl sites for hydroxylation is 1. The van der Waals surface area contributed by atoms with E-state index < -0.39 is 23.7 Å². The lowest BCUT2D eigenvalue weighted by atomic mass is 9.94. The lowest BCUT2D eigenvalue weighted by Crippen LogP contribution is -2.29. The third kappa shape index (κ3) is 4.86. The van der Waals surface area contributed by atoms with Gasteiger partial charge in [-0.2, -0.15) is 0 Å². The van der Waals surface area contributed by atoms with E-state index in [1.807, 2.05) is 13.8 Å². The Labute approximate surface area is 235 Å². The molecule has 1 amide bonds. The summed E-state index contributed by atoms with van der Waals surface area (Å²) in [4.78, 5) is 45.6. The fourth-order valence-corrected chi connectivity index (χ4v) is 5.87. The van der Waals surface area contributed by atoms with E-state index in [0.717, 1.165) is 22.6 Å². The summed E-state index contributed by atoms with van der Waals surface area (Å²) < 4.78 is 16.6. The van der Waals surface area contributed by atoms with Crippen molar-refractivity contribution in [1.29, 1.82) is 0 Å². The van der Waals surface area contributed by atoms with Crippen molar-refractivity contribution in [2.45, 2.75) is 39.3 Å². The topological polar surface area (TPSA) is 115 Å². The highest BCUT2D eigenvalue weighted by atomic mass is 32.1. The van der Waals surface area contributed by atoms with Crippen LogP contribution in [0.15, 0.2) is 60.7 Å². The Morgan fingerprint density at radius 2 is 2.08 bits per heavy atom. The number of ketones is 1. The molecule has 206 valence electrons. The molecule has 2 aromatic carbocycles. The van der Waals surface area contributed by atoms with Crippen molar-refractivity contribution in [1.82, 2.24) is 4.98 Å². The van der Waals surface area contributed by atoms with Crippen LogP contribution < -0.4 is 14.4 Å². The number of carbonyl (C=O) groups excluding carboxylic acids is 3. The molecule has 0 aliphatic carbocycles. The summed E-state index contributed by atoms with van der Waals surface area (Å²) in [6.07, 6.45) is 2.11. The van der Waals surface area contributed by atoms with Gasteiger partial charge in [0.25, 0.3) is 5.78 Å². The molecular formula is C30H28N2O7S. The van der Waals surface area contributed by atoms with Gasteiger partial charge in [-0.05, 0) is 62.2 Å². The Kier molecular flexibility index (Phi) is 7.44. The summed E-state index contributed by atoms with van der Waals surface area (Å²) in [5, 5.41) is 11.7. The first-order chi connectivity index (χ1) is 19.2. The highest BCUT2D eigenvalue weighted by molar-refractivity contribution is 7.17. The number of Topliss-reactive ketones (excluding diaryl/α,β-unsaturated/α-hetero) is 1. The molecule has 2 aliphatic rings. The summed E-state index contributed by atoms with van der Waals surface area (Å²) >= 11 is 0.941. The number of aromatic nitrogens is 1. The third-order valence-electron chi connectivity index (χ3n) is 6.61. The number of amides is 1. The van der Waals surface area contributed by atoms with Crippen LogP contribution in [0.25, 0.3) is 5.76 Å². The van der Waals surface area contributed by atoms with Crippen LogP contribution in [-0.2, 0) is 20.7 Å². The summed E-state index contributed by atoms with van der Waals surface area (Å²) in [5.74, 6) is -1.39. The molecule has 0 unspecified atom stereocenters. The number of fused-ring (bicyclic) bond motifs is 1. The highest BCUT2D eigenvalue weighted by Gasteiger charge is 2.48. The van der Waals surface area contributed by atoms with Crippen molar-refractivity contribution in [2.24, 2.45) is 0 Å². The minimum Gasteiger partial charge on any atom is -0.507 e. The van der Waals surface area contributed by atoms with Crippen LogP contribution in [0.4, 0.5) is 5.13 Å². The standard InChI is InChI=1S/C30H28N2O7S/c1-5-12-38-29(36)27-17(4)31-30(40-27)32-24(18-8-7-9-21(15-18)37-6-2)23(26(34)28(32)35)25(33)19-10-11-22-20(14-19)13-16(3)39-22/h5,7-11,14-16,24,33H,1,6,12-13H2,2-4H3/b25-23+/t16-,24-/m1/s1. The van der Waals surface area contributed by atoms with Gasteiger partial charge in [-0.25, -0.2) is 9.78 Å². The van der Waals surface area contributed by atoms with Crippen LogP contribution in [0.5, 0.6) is 11.5 Å². The number of aliphatic hydroxyl groups excluding tert-OH is 1. The molecule has 40 heavy (non-hydrogen) atoms. The van der Waals surface area contributed by atoms with Gasteiger partial charge < -0.3 is 19.3 Å². The van der Waals surface area contributed by atoms with Crippen molar-refractivity contribution in [2.75, 3.05) is 18.1 Å². The molecule has 1 aromatic heterocycles. The second kappa shape index (κ2) is 11.0. The molecule has 0 bridgehead atoms. The maximum Gasteiger partial charge on any atom is 0.350 e. The van der Waals surface area contributed by atoms with Gasteiger partial charge in [0.2, 0.25) is 0 Å². The van der Waals surface area contributed by atoms with E-state index in [-0.39, 0.29) is 34.1 Å². The van der Waals surface area contributed by atoms with E-state index in [9.17, 15) is 19.5 Å². The minimum atomic E-state index is -1.02. The minimum absolute atomic E-state index is 0.000195. The molecule has 5 rings (SSSR count). The molecule has 2 atom stereocenters. The number of rotatable bonds is 8. The van der Waals surface area contributed by atoms with Crippen LogP contribution in [0.1, 0.15) is 51.9 Å². The summed E-state index contributed by atoms with van der Waals surface area (Å²) in [6.45, 7) is 9.41. The van der Waals surface area contributed by atoms with E-state index in [1.54, 1.807) is 49.4 Å². The van der Waals surface area contributed by atoms with Crippen LogP contribution in [-0.4, -0.2) is 47.1 Å². The van der Waals surface area contributed by atoms with Crippen molar-refractivity contribution < 1.29 is 33.7 Å². The van der Waals surface area contributed by atoms with Crippen molar-refractivity contribution in [3.63, 3.8) is 0 Å². The van der Waals surface area contributed by atoms with Gasteiger partial charge in [0, 0.05) is 12.0 Å². The number of hydrogen-bond acceptors (Lipinski definition) is 9. The molecule has 9 nitrogen and oxygen atoms in total. The second-order valence-corrected chi connectivity index (χ2v) is 10.4. The first-order valence-corrected chi connectivity index (χ1v) is 13.6. The second-order valence-electron chi connectivity index (χ2n) is 9.43. The monoisotopic (exact) mass is 560 g/mol. The van der Waals surface area contributed by atoms with Gasteiger partial charge in [0.1, 0.15) is 34.8 Å². The van der Waals surface area contributed by atoms with Gasteiger partial charge in [-0.15, -0.1) is 0 Å².